The van der Waals surface area contributed by atoms with E-state index in [9.17, 15) is 0 Å². The fraction of sp³-hybridized carbons (Fsp3) is 0.600. The maximum Gasteiger partial charge on any atom is 0.0834 e. The van der Waals surface area contributed by atoms with Gasteiger partial charge in [0.05, 0.1) is 23.9 Å². The first-order valence-electron chi connectivity index (χ1n) is 6.49. The smallest absolute Gasteiger partial charge is 0.0834 e. The van der Waals surface area contributed by atoms with Crippen molar-refractivity contribution in [2.45, 2.75) is 58.0 Å². The van der Waals surface area contributed by atoms with Gasteiger partial charge in [0.25, 0.3) is 0 Å². The average molecular weight is 249 g/mol. The molecule has 0 spiro atoms. The summed E-state index contributed by atoms with van der Waals surface area (Å²) in [6.07, 6.45) is 0.988. The molecule has 0 amide bonds. The Labute approximate surface area is 109 Å². The summed E-state index contributed by atoms with van der Waals surface area (Å²) in [6.45, 7) is 8.60. The first-order valence-corrected chi connectivity index (χ1v) is 6.49. The number of nitrogens with one attached hydrogen (secondary N) is 1. The lowest BCUT2D eigenvalue weighted by atomic mass is 9.94. The van der Waals surface area contributed by atoms with Crippen LogP contribution in [0.5, 0.6) is 0 Å². The van der Waals surface area contributed by atoms with Crippen LogP contribution in [0.4, 0.5) is 5.69 Å². The van der Waals surface area contributed by atoms with Gasteiger partial charge in [0.15, 0.2) is 0 Å². The molecule has 1 heterocycles. The second-order valence-electron chi connectivity index (χ2n) is 6.22. The lowest BCUT2D eigenvalue weighted by molar-refractivity contribution is -0.0662. The van der Waals surface area contributed by atoms with E-state index < -0.39 is 0 Å². The molecule has 1 aliphatic rings. The van der Waals surface area contributed by atoms with E-state index in [1.54, 1.807) is 0 Å². The van der Waals surface area contributed by atoms with Crippen molar-refractivity contribution in [2.75, 3.05) is 5.32 Å². The Balaban J connectivity index is 2.09. The number of ether oxygens (including phenoxy) is 1. The van der Waals surface area contributed by atoms with E-state index in [4.69, 9.17) is 9.84 Å². The van der Waals surface area contributed by atoms with E-state index >= 15 is 0 Å². The van der Waals surface area contributed by atoms with Gasteiger partial charge in [-0.3, -0.25) is 0 Å². The Morgan fingerprint density at radius 3 is 2.28 bits per heavy atom. The molecule has 1 aromatic carbocycles. The van der Waals surface area contributed by atoms with Crippen LogP contribution in [-0.2, 0) is 11.3 Å². The molecule has 2 rings (SSSR count). The normalized spacial score (nSPS) is 25.1. The highest BCUT2D eigenvalue weighted by Gasteiger charge is 2.45. The SMILES string of the molecule is CC1(C)CC(Nc2ccc(CO)cc2)C(C)(C)O1. The van der Waals surface area contributed by atoms with Crippen molar-refractivity contribution in [1.82, 2.24) is 0 Å². The Bertz CT molecular complexity index is 409. The molecule has 1 aliphatic heterocycles. The van der Waals surface area contributed by atoms with Crippen molar-refractivity contribution in [2.24, 2.45) is 0 Å². The molecule has 0 aliphatic carbocycles. The first-order chi connectivity index (χ1) is 8.32. The van der Waals surface area contributed by atoms with Gasteiger partial charge in [-0.25, -0.2) is 0 Å². The zero-order valence-corrected chi connectivity index (χ0v) is 11.7. The van der Waals surface area contributed by atoms with Gasteiger partial charge in [0, 0.05) is 5.69 Å². The quantitative estimate of drug-likeness (QED) is 0.865. The van der Waals surface area contributed by atoms with Crippen LogP contribution in [0.15, 0.2) is 24.3 Å². The third-order valence-electron chi connectivity index (χ3n) is 3.55. The van der Waals surface area contributed by atoms with E-state index in [1.165, 1.54) is 0 Å². The molecule has 3 heteroatoms. The van der Waals surface area contributed by atoms with Gasteiger partial charge >= 0.3 is 0 Å². The minimum absolute atomic E-state index is 0.0772. The Hall–Kier alpha value is -1.06. The van der Waals surface area contributed by atoms with Crippen molar-refractivity contribution in [3.8, 4) is 0 Å². The summed E-state index contributed by atoms with van der Waals surface area (Å²) in [7, 11) is 0. The Kier molecular flexibility index (Phi) is 3.39. The number of aliphatic hydroxyl groups is 1. The van der Waals surface area contributed by atoms with E-state index in [1.807, 2.05) is 24.3 Å². The van der Waals surface area contributed by atoms with Crippen molar-refractivity contribution in [3.63, 3.8) is 0 Å². The summed E-state index contributed by atoms with van der Waals surface area (Å²) in [4.78, 5) is 0. The van der Waals surface area contributed by atoms with E-state index in [-0.39, 0.29) is 17.8 Å². The topological polar surface area (TPSA) is 41.5 Å². The Morgan fingerprint density at radius 1 is 1.22 bits per heavy atom. The first kappa shape index (κ1) is 13.4. The molecule has 100 valence electrons. The highest BCUT2D eigenvalue weighted by molar-refractivity contribution is 5.46. The number of aliphatic hydroxyl groups excluding tert-OH is 1. The second kappa shape index (κ2) is 4.56. The summed E-state index contributed by atoms with van der Waals surface area (Å²) in [6, 6.07) is 8.19. The molecule has 0 saturated carbocycles. The van der Waals surface area contributed by atoms with Crippen LogP contribution in [0.3, 0.4) is 0 Å². The van der Waals surface area contributed by atoms with E-state index in [2.05, 4.69) is 33.0 Å². The molecule has 1 unspecified atom stereocenters. The molecule has 0 bridgehead atoms. The minimum atomic E-state index is -0.168. The number of hydrogen-bond donors (Lipinski definition) is 2. The molecule has 1 aromatic rings. The number of hydrogen-bond acceptors (Lipinski definition) is 3. The highest BCUT2D eigenvalue weighted by Crippen LogP contribution is 2.38. The monoisotopic (exact) mass is 249 g/mol. The van der Waals surface area contributed by atoms with Crippen molar-refractivity contribution in [3.05, 3.63) is 29.8 Å². The van der Waals surface area contributed by atoms with Gasteiger partial charge in [-0.1, -0.05) is 12.1 Å². The van der Waals surface area contributed by atoms with Crippen molar-refractivity contribution >= 4 is 5.69 Å². The number of anilines is 1. The standard InChI is InChI=1S/C15H23NO2/c1-14(2)9-13(15(3,4)18-14)16-12-7-5-11(10-17)6-8-12/h5-8,13,16-17H,9-10H2,1-4H3. The molecule has 3 nitrogen and oxygen atoms in total. The molecule has 1 fully saturated rings. The van der Waals surface area contributed by atoms with Crippen molar-refractivity contribution < 1.29 is 9.84 Å². The van der Waals surface area contributed by atoms with Crippen molar-refractivity contribution in [1.29, 1.82) is 0 Å². The summed E-state index contributed by atoms with van der Waals surface area (Å²) < 4.78 is 6.06. The van der Waals surface area contributed by atoms with Gasteiger partial charge in [-0.05, 0) is 51.8 Å². The number of benzene rings is 1. The molecule has 18 heavy (non-hydrogen) atoms. The summed E-state index contributed by atoms with van der Waals surface area (Å²) in [5.41, 5.74) is 1.76. The van der Waals surface area contributed by atoms with Crippen LogP contribution in [-0.4, -0.2) is 22.4 Å². The maximum atomic E-state index is 9.02. The highest BCUT2D eigenvalue weighted by atomic mass is 16.5. The van der Waals surface area contributed by atoms with Gasteiger partial charge < -0.3 is 15.2 Å². The maximum absolute atomic E-state index is 9.02. The van der Waals surface area contributed by atoms with E-state index in [0.717, 1.165) is 17.7 Å². The molecule has 0 radical (unpaired) electrons. The summed E-state index contributed by atoms with van der Waals surface area (Å²) in [5, 5.41) is 12.6. The lowest BCUT2D eigenvalue weighted by Crippen LogP contribution is -2.38. The zero-order chi connectivity index (χ0) is 13.4. The van der Waals surface area contributed by atoms with Crippen LogP contribution in [0.25, 0.3) is 0 Å². The summed E-state index contributed by atoms with van der Waals surface area (Å²) >= 11 is 0. The minimum Gasteiger partial charge on any atom is -0.392 e. The lowest BCUT2D eigenvalue weighted by Gasteiger charge is -2.28. The molecule has 2 N–H and O–H groups in total. The predicted molar refractivity (Wildman–Crippen MR) is 73.6 cm³/mol. The van der Waals surface area contributed by atoms with Crippen LogP contribution >= 0.6 is 0 Å². The van der Waals surface area contributed by atoms with Crippen LogP contribution in [0, 0.1) is 0 Å². The van der Waals surface area contributed by atoms with E-state index in [0.29, 0.717) is 6.04 Å². The third-order valence-corrected chi connectivity index (χ3v) is 3.55. The summed E-state index contributed by atoms with van der Waals surface area (Å²) in [5.74, 6) is 0. The fourth-order valence-electron chi connectivity index (χ4n) is 2.69. The van der Waals surface area contributed by atoms with Gasteiger partial charge in [-0.2, -0.15) is 0 Å². The molecule has 1 saturated heterocycles. The second-order valence-corrected chi connectivity index (χ2v) is 6.22. The Morgan fingerprint density at radius 2 is 1.83 bits per heavy atom. The number of rotatable bonds is 3. The molecular weight excluding hydrogens is 226 g/mol. The molecule has 0 aromatic heterocycles. The zero-order valence-electron chi connectivity index (χ0n) is 11.7. The average Bonchev–Trinajstić information content (AvgIpc) is 2.48. The predicted octanol–water partition coefficient (Wildman–Crippen LogP) is 2.94. The van der Waals surface area contributed by atoms with Crippen LogP contribution in [0.2, 0.25) is 0 Å². The largest absolute Gasteiger partial charge is 0.392 e. The van der Waals surface area contributed by atoms with Crippen LogP contribution in [0.1, 0.15) is 39.7 Å². The third kappa shape index (κ3) is 2.85. The fourth-order valence-corrected chi connectivity index (χ4v) is 2.69. The van der Waals surface area contributed by atoms with Gasteiger partial charge in [0.1, 0.15) is 0 Å². The van der Waals surface area contributed by atoms with Crippen LogP contribution < -0.4 is 5.32 Å². The molecule has 1 atom stereocenters. The van der Waals surface area contributed by atoms with Gasteiger partial charge in [-0.15, -0.1) is 0 Å². The molecular formula is C15H23NO2. The van der Waals surface area contributed by atoms with Gasteiger partial charge in [0.2, 0.25) is 0 Å².